The van der Waals surface area contributed by atoms with Gasteiger partial charge in [0.05, 0.1) is 38.7 Å². The standard InChI is InChI=1S/C56H81N13O17S/c1-2-46(71)58-21-22-61-56(82)65-55(57)60-20-9-14-44(52(79)62-33-39-15-17-42(70)18-16-39)64-54(81)51(40-10-4-3-5-11-40)41-12-8-13-43(32-41)86-31-7-6-19-59-53(80)45(38-87(83,84)85)63-47(72)34-66-23-25-67(35-48(73)74)27-29-69(37-50(77)78)30-28-68(26-24-66)36-49(75)76/h3-5,8,10-13,15-18,32,44-45,51,70H,2,6-7,9,14,19-31,33-38H2,1H3,(H,58,71)(H,59,80)(H,62,79)(H,63,72)(H,64,81)(H,73,74)(H,75,76)(H,77,78)(H,83,84,85)(H4,57,60,61,65,82)/t44-,45+,51?/m1/s1. The number of carboxylic acids is 3. The molecule has 30 nitrogen and oxygen atoms in total. The average Bonchev–Trinajstić information content (AvgIpc) is 2.99. The number of nitrogens with one attached hydrogen (secondary N) is 7. The first-order valence-electron chi connectivity index (χ1n) is 28.3. The van der Waals surface area contributed by atoms with E-state index in [1.165, 1.54) is 12.1 Å². The van der Waals surface area contributed by atoms with Gasteiger partial charge in [-0.2, -0.15) is 8.42 Å². The number of urea groups is 1. The van der Waals surface area contributed by atoms with Gasteiger partial charge in [0.25, 0.3) is 10.1 Å². The predicted octanol–water partition coefficient (Wildman–Crippen LogP) is -1.63. The number of hydrogen-bond donors (Lipinski definition) is 13. The Morgan fingerprint density at radius 1 is 0.609 bits per heavy atom. The van der Waals surface area contributed by atoms with Gasteiger partial charge in [0, 0.05) is 91.5 Å². The van der Waals surface area contributed by atoms with Crippen molar-refractivity contribution in [2.75, 3.05) is 117 Å². The minimum Gasteiger partial charge on any atom is -0.508 e. The third-order valence-electron chi connectivity index (χ3n) is 13.4. The van der Waals surface area contributed by atoms with E-state index in [1.54, 1.807) is 93.3 Å². The van der Waals surface area contributed by atoms with Crippen molar-refractivity contribution in [3.05, 3.63) is 95.6 Å². The number of aliphatic imine (C=N–C) groups is 1. The van der Waals surface area contributed by atoms with Crippen LogP contribution in [-0.4, -0.2) is 242 Å². The van der Waals surface area contributed by atoms with Crippen molar-refractivity contribution in [2.45, 2.75) is 63.6 Å². The van der Waals surface area contributed by atoms with Crippen molar-refractivity contribution in [3.63, 3.8) is 0 Å². The molecule has 1 heterocycles. The summed E-state index contributed by atoms with van der Waals surface area (Å²) in [5.74, 6) is -8.21. The molecule has 1 aliphatic rings. The highest BCUT2D eigenvalue weighted by atomic mass is 32.2. The Balaban J connectivity index is 1.38. The topological polar surface area (TPSA) is 434 Å². The second-order valence-corrected chi connectivity index (χ2v) is 21.9. The number of carbonyl (C=O) groups is 9. The number of nitrogens with zero attached hydrogens (tertiary/aromatic N) is 5. The van der Waals surface area contributed by atoms with Gasteiger partial charge in [0.1, 0.15) is 29.3 Å². The number of carbonyl (C=O) groups excluding carboxylic acids is 6. The smallest absolute Gasteiger partial charge is 0.321 e. The van der Waals surface area contributed by atoms with E-state index in [0.717, 1.165) is 0 Å². The first-order chi connectivity index (χ1) is 41.5. The van der Waals surface area contributed by atoms with Gasteiger partial charge in [-0.3, -0.25) is 72.8 Å². The maximum Gasteiger partial charge on any atom is 0.321 e. The number of phenols is 1. The second-order valence-electron chi connectivity index (χ2n) is 20.4. The van der Waals surface area contributed by atoms with Crippen LogP contribution in [0.1, 0.15) is 61.6 Å². The van der Waals surface area contributed by atoms with E-state index in [1.807, 2.05) is 0 Å². The van der Waals surface area contributed by atoms with Gasteiger partial charge >= 0.3 is 23.9 Å². The number of guanidine groups is 1. The summed E-state index contributed by atoms with van der Waals surface area (Å²) in [6.07, 6.45) is 1.30. The molecule has 0 radical (unpaired) electrons. The Hall–Kier alpha value is -8.49. The minimum atomic E-state index is -4.82. The summed E-state index contributed by atoms with van der Waals surface area (Å²) in [7, 11) is -4.82. The van der Waals surface area contributed by atoms with Crippen molar-refractivity contribution in [1.29, 1.82) is 0 Å². The molecule has 0 bridgehead atoms. The molecular formula is C56H81N13O17S. The second kappa shape index (κ2) is 37.8. The van der Waals surface area contributed by atoms with Crippen LogP contribution in [0.3, 0.4) is 0 Å². The molecule has 4 rings (SSSR count). The van der Waals surface area contributed by atoms with E-state index in [-0.39, 0.29) is 129 Å². The number of phenolic OH excluding ortho intramolecular Hbond substituents is 1. The lowest BCUT2D eigenvalue weighted by Gasteiger charge is -2.33. The molecule has 7 amide bonds. The summed E-state index contributed by atoms with van der Waals surface area (Å²) in [5.41, 5.74) is 7.73. The van der Waals surface area contributed by atoms with E-state index in [4.69, 9.17) is 10.5 Å². The molecule has 87 heavy (non-hydrogen) atoms. The largest absolute Gasteiger partial charge is 0.508 e. The number of carboxylic acid groups (broad SMARTS) is 3. The predicted molar refractivity (Wildman–Crippen MR) is 317 cm³/mol. The van der Waals surface area contributed by atoms with Crippen molar-refractivity contribution in [3.8, 4) is 11.5 Å². The number of amides is 7. The Labute approximate surface area is 504 Å². The van der Waals surface area contributed by atoms with Gasteiger partial charge in [-0.05, 0) is 66.6 Å². The number of rotatable bonds is 33. The summed E-state index contributed by atoms with van der Waals surface area (Å²) < 4.78 is 40.0. The molecule has 0 spiro atoms. The first kappa shape index (κ1) is 71.0. The average molecular weight is 1240 g/mol. The van der Waals surface area contributed by atoms with E-state index < -0.39 is 101 Å². The molecule has 1 saturated heterocycles. The molecule has 1 unspecified atom stereocenters. The quantitative estimate of drug-likeness (QED) is 0.0141. The van der Waals surface area contributed by atoms with Crippen LogP contribution in [0.5, 0.6) is 11.5 Å². The zero-order valence-electron chi connectivity index (χ0n) is 48.6. The fourth-order valence-corrected chi connectivity index (χ4v) is 9.60. The molecular weight excluding hydrogens is 1160 g/mol. The minimum absolute atomic E-state index is 0.00910. The molecule has 0 aliphatic carbocycles. The highest BCUT2D eigenvalue weighted by Gasteiger charge is 2.30. The third-order valence-corrected chi connectivity index (χ3v) is 14.1. The SMILES string of the molecule is CCC(=O)NCCNC(=O)NC(N)=NCCC[C@@H](NC(=O)C(c1ccccc1)c1cccc(OCCCCNC(=O)[C@H](CS(=O)(=O)O)NC(=O)CN2CCN(CC(=O)O)CCN(CC(=O)O)CCN(CC(=O)O)CC2)c1)C(=O)NCc1ccc(O)cc1. The monoisotopic (exact) mass is 1240 g/mol. The van der Waals surface area contributed by atoms with Crippen LogP contribution in [0.2, 0.25) is 0 Å². The maximum absolute atomic E-state index is 14.5. The van der Waals surface area contributed by atoms with Gasteiger partial charge in [0.2, 0.25) is 29.5 Å². The van der Waals surface area contributed by atoms with Crippen LogP contribution in [0.4, 0.5) is 4.79 Å². The fraction of sp³-hybridized carbons (Fsp3) is 0.500. The molecule has 31 heteroatoms. The lowest BCUT2D eigenvalue weighted by molar-refractivity contribution is -0.140. The van der Waals surface area contributed by atoms with Crippen molar-refractivity contribution >= 4 is 69.6 Å². The van der Waals surface area contributed by atoms with Gasteiger partial charge in [-0.25, -0.2) is 4.79 Å². The molecule has 3 aromatic carbocycles. The van der Waals surface area contributed by atoms with Crippen LogP contribution in [0.25, 0.3) is 0 Å². The van der Waals surface area contributed by atoms with E-state index in [9.17, 15) is 76.5 Å². The lowest BCUT2D eigenvalue weighted by atomic mass is 9.90. The van der Waals surface area contributed by atoms with Gasteiger partial charge in [-0.1, -0.05) is 61.5 Å². The Morgan fingerprint density at radius 3 is 1.72 bits per heavy atom. The van der Waals surface area contributed by atoms with Crippen LogP contribution in [0.15, 0.2) is 83.9 Å². The summed E-state index contributed by atoms with van der Waals surface area (Å²) in [6, 6.07) is 18.4. The molecule has 0 saturated carbocycles. The molecule has 1 aliphatic heterocycles. The van der Waals surface area contributed by atoms with Crippen LogP contribution >= 0.6 is 0 Å². The van der Waals surface area contributed by atoms with Crippen LogP contribution in [-0.2, 0) is 55.0 Å². The number of hydrogen-bond acceptors (Lipinski definition) is 18. The third kappa shape index (κ3) is 29.4. The number of nitrogens with two attached hydrogens (primary N) is 1. The maximum atomic E-state index is 14.5. The molecule has 3 atom stereocenters. The Bertz CT molecular complexity index is 2860. The normalized spacial score (nSPS) is 15.2. The zero-order chi connectivity index (χ0) is 63.7. The highest BCUT2D eigenvalue weighted by Crippen LogP contribution is 2.28. The number of aromatic hydroxyl groups is 1. The highest BCUT2D eigenvalue weighted by molar-refractivity contribution is 7.85. The summed E-state index contributed by atoms with van der Waals surface area (Å²) in [4.78, 5) is 124. The Kier molecular flexibility index (Phi) is 30.9. The van der Waals surface area contributed by atoms with Gasteiger partial charge < -0.3 is 62.8 Å². The lowest BCUT2D eigenvalue weighted by Crippen LogP contribution is -2.54. The van der Waals surface area contributed by atoms with Crippen molar-refractivity contribution in [1.82, 2.24) is 56.8 Å². The van der Waals surface area contributed by atoms with Gasteiger partial charge in [0.15, 0.2) is 5.96 Å². The number of aliphatic carboxylic acids is 3. The van der Waals surface area contributed by atoms with Crippen LogP contribution in [0, 0.1) is 0 Å². The van der Waals surface area contributed by atoms with E-state index >= 15 is 0 Å². The number of ether oxygens (including phenoxy) is 1. The molecule has 3 aromatic rings. The van der Waals surface area contributed by atoms with E-state index in [2.05, 4.69) is 42.2 Å². The first-order valence-corrected chi connectivity index (χ1v) is 29.9. The number of unbranched alkanes of at least 4 members (excludes halogenated alkanes) is 1. The molecule has 0 aromatic heterocycles. The fourth-order valence-electron chi connectivity index (χ4n) is 8.95. The van der Waals surface area contributed by atoms with Gasteiger partial charge in [-0.15, -0.1) is 0 Å². The molecule has 1 fully saturated rings. The van der Waals surface area contributed by atoms with Crippen molar-refractivity contribution in [2.24, 2.45) is 10.7 Å². The molecule has 14 N–H and O–H groups in total. The number of benzene rings is 3. The Morgan fingerprint density at radius 2 is 1.16 bits per heavy atom. The van der Waals surface area contributed by atoms with Crippen LogP contribution < -0.4 is 47.7 Å². The summed E-state index contributed by atoms with van der Waals surface area (Å²) >= 11 is 0. The molecule has 478 valence electrons. The summed E-state index contributed by atoms with van der Waals surface area (Å²) in [6.45, 7) is 1.63. The van der Waals surface area contributed by atoms with E-state index in [0.29, 0.717) is 41.7 Å². The van der Waals surface area contributed by atoms with Crippen molar-refractivity contribution < 1.29 is 81.3 Å². The zero-order valence-corrected chi connectivity index (χ0v) is 49.4. The summed E-state index contributed by atoms with van der Waals surface area (Å²) in [5, 5.41) is 56.6.